The average molecular weight is 887 g/mol. The summed E-state index contributed by atoms with van der Waals surface area (Å²) in [5, 5.41) is 31.4. The van der Waals surface area contributed by atoms with Crippen LogP contribution in [0.1, 0.15) is 91.5 Å². The normalized spacial score (nSPS) is 18.0. The first kappa shape index (κ1) is 44.9. The number of H-pyrrole nitrogens is 1. The molecule has 2 aliphatic carbocycles. The molecular weight excluding hydrogens is 840 g/mol. The summed E-state index contributed by atoms with van der Waals surface area (Å²) in [6.45, 7) is 6.58. The quantitative estimate of drug-likeness (QED) is 0.109. The van der Waals surface area contributed by atoms with Gasteiger partial charge in [-0.15, -0.1) is 8.78 Å². The highest BCUT2D eigenvalue weighted by Gasteiger charge is 2.49. The van der Waals surface area contributed by atoms with Crippen molar-refractivity contribution in [3.8, 4) is 28.7 Å². The molecule has 9 rings (SSSR count). The number of aliphatic hydroxyl groups is 1. The van der Waals surface area contributed by atoms with Gasteiger partial charge in [0.2, 0.25) is 0 Å². The fraction of sp³-hybridized carbons (Fsp3) is 0.370. The Hall–Kier alpha value is -6.18. The van der Waals surface area contributed by atoms with E-state index in [1.54, 1.807) is 29.3 Å². The molecule has 0 spiro atoms. The number of alkyl halides is 4. The Morgan fingerprint density at radius 3 is 2.48 bits per heavy atom. The monoisotopic (exact) mass is 886 g/mol. The zero-order chi connectivity index (χ0) is 45.1. The Morgan fingerprint density at radius 2 is 1.81 bits per heavy atom. The maximum Gasteiger partial charge on any atom is 0.586 e. The second-order valence-electron chi connectivity index (χ2n) is 17.0. The summed E-state index contributed by atoms with van der Waals surface area (Å²) in [4.78, 5) is 19.2. The largest absolute Gasteiger partial charge is 0.586 e. The lowest BCUT2D eigenvalue weighted by Crippen LogP contribution is -2.47. The van der Waals surface area contributed by atoms with Crippen LogP contribution in [0.4, 0.5) is 23.2 Å². The van der Waals surface area contributed by atoms with Crippen LogP contribution < -0.4 is 14.8 Å². The number of nitriles is 1. The Morgan fingerprint density at radius 1 is 1.06 bits per heavy atom. The summed E-state index contributed by atoms with van der Waals surface area (Å²) in [6, 6.07) is 22.0. The molecule has 0 saturated heterocycles. The van der Waals surface area contributed by atoms with Crippen molar-refractivity contribution in [1.29, 1.82) is 5.26 Å². The van der Waals surface area contributed by atoms with Crippen LogP contribution in [0.3, 0.4) is 0 Å². The molecular formula is C46H47ClF4N8O4. The summed E-state index contributed by atoms with van der Waals surface area (Å²) in [7, 11) is 1.53. The highest BCUT2D eigenvalue weighted by Crippen LogP contribution is 2.60. The predicted molar refractivity (Wildman–Crippen MR) is 227 cm³/mol. The second-order valence-corrected chi connectivity index (χ2v) is 17.4. The van der Waals surface area contributed by atoms with E-state index in [9.17, 15) is 27.5 Å². The van der Waals surface area contributed by atoms with Crippen LogP contribution >= 0.6 is 11.6 Å². The van der Waals surface area contributed by atoms with Crippen LogP contribution in [0.15, 0.2) is 98.0 Å². The number of fused-ring (bicyclic) bond motifs is 1. The van der Waals surface area contributed by atoms with Gasteiger partial charge in [0.15, 0.2) is 11.5 Å². The van der Waals surface area contributed by atoms with Gasteiger partial charge in [0.05, 0.1) is 23.3 Å². The van der Waals surface area contributed by atoms with Gasteiger partial charge < -0.3 is 24.9 Å². The van der Waals surface area contributed by atoms with E-state index in [4.69, 9.17) is 16.9 Å². The summed E-state index contributed by atoms with van der Waals surface area (Å²) in [6.07, 6.45) is 6.28. The van der Waals surface area contributed by atoms with Crippen LogP contribution in [-0.2, 0) is 20.0 Å². The van der Waals surface area contributed by atoms with E-state index < -0.39 is 29.9 Å². The van der Waals surface area contributed by atoms with Crippen molar-refractivity contribution < 1.29 is 36.9 Å². The third kappa shape index (κ3) is 10.7. The van der Waals surface area contributed by atoms with Crippen LogP contribution in [-0.4, -0.2) is 52.4 Å². The van der Waals surface area contributed by atoms with Crippen molar-refractivity contribution in [3.63, 3.8) is 0 Å². The Bertz CT molecular complexity index is 2560. The van der Waals surface area contributed by atoms with Crippen molar-refractivity contribution in [2.75, 3.05) is 5.32 Å². The zero-order valence-electron chi connectivity index (χ0n) is 35.0. The molecule has 12 nitrogen and oxygen atoms in total. The van der Waals surface area contributed by atoms with Crippen LogP contribution in [0, 0.1) is 28.6 Å². The molecule has 3 atom stereocenters. The topological polar surface area (TPSA) is 156 Å². The molecule has 330 valence electrons. The summed E-state index contributed by atoms with van der Waals surface area (Å²) >= 11 is 5.90. The molecule has 3 aromatic carbocycles. The fourth-order valence-corrected chi connectivity index (χ4v) is 7.85. The van der Waals surface area contributed by atoms with Crippen LogP contribution in [0.2, 0.25) is 5.02 Å². The van der Waals surface area contributed by atoms with E-state index in [0.717, 1.165) is 41.0 Å². The third-order valence-corrected chi connectivity index (χ3v) is 11.8. The number of rotatable bonds is 11. The lowest BCUT2D eigenvalue weighted by atomic mass is 9.73. The number of benzene rings is 3. The van der Waals surface area contributed by atoms with Gasteiger partial charge in [-0.2, -0.15) is 15.5 Å². The van der Waals surface area contributed by atoms with Gasteiger partial charge in [0, 0.05) is 47.5 Å². The van der Waals surface area contributed by atoms with Crippen molar-refractivity contribution in [2.45, 2.75) is 83.7 Å². The van der Waals surface area contributed by atoms with Crippen molar-refractivity contribution in [3.05, 3.63) is 131 Å². The molecule has 3 unspecified atom stereocenters. The SMILES string of the molecule is CC(C)(C)C(O)(CCc1ccc(Cl)cc1)Cn1cncn1.Cn1cc(C(=O)Nc2ccccc2C2CC2C2CC2)c(C(F)F)n1.N#Cc1c[nH]cc1-c1cccc2c1OC(F)(F)O2. The molecule has 3 N–H and O–H groups in total. The molecule has 2 saturated carbocycles. The molecule has 1 amide bonds. The number of hydrogen-bond donors (Lipinski definition) is 3. The number of amides is 1. The van der Waals surface area contributed by atoms with E-state index in [2.05, 4.69) is 35.0 Å². The molecule has 63 heavy (non-hydrogen) atoms. The predicted octanol–water partition coefficient (Wildman–Crippen LogP) is 10.3. The highest BCUT2D eigenvalue weighted by atomic mass is 35.5. The van der Waals surface area contributed by atoms with E-state index in [1.807, 2.05) is 75.4 Å². The Balaban J connectivity index is 0.000000143. The first-order chi connectivity index (χ1) is 29.9. The zero-order valence-corrected chi connectivity index (χ0v) is 35.8. The second kappa shape index (κ2) is 18.3. The average Bonchev–Trinajstić information content (AvgIpc) is 4.00. The summed E-state index contributed by atoms with van der Waals surface area (Å²) < 4.78 is 63.9. The van der Waals surface area contributed by atoms with Crippen molar-refractivity contribution in [2.24, 2.45) is 24.3 Å². The van der Waals surface area contributed by atoms with Gasteiger partial charge in [-0.3, -0.25) is 14.2 Å². The molecule has 17 heteroatoms. The number of halogens is 5. The number of carbonyl (C=O) groups excluding carboxylic acids is 1. The number of aromatic nitrogens is 6. The summed E-state index contributed by atoms with van der Waals surface area (Å²) in [5.74, 6) is 1.41. The molecule has 4 heterocycles. The lowest BCUT2D eigenvalue weighted by Gasteiger charge is -2.40. The smallest absolute Gasteiger partial charge is 0.395 e. The van der Waals surface area contributed by atoms with Gasteiger partial charge in [0.25, 0.3) is 12.3 Å². The Kier molecular flexibility index (Phi) is 13.0. The van der Waals surface area contributed by atoms with Gasteiger partial charge in [-0.25, -0.2) is 13.8 Å². The number of ether oxygens (including phenoxy) is 2. The number of nitrogens with one attached hydrogen (secondary N) is 2. The van der Waals surface area contributed by atoms with Gasteiger partial charge >= 0.3 is 6.29 Å². The first-order valence-corrected chi connectivity index (χ1v) is 20.8. The molecule has 0 bridgehead atoms. The van der Waals surface area contributed by atoms with Gasteiger partial charge in [-0.05, 0) is 90.7 Å². The van der Waals surface area contributed by atoms with Gasteiger partial charge in [-0.1, -0.05) is 74.8 Å². The minimum Gasteiger partial charge on any atom is -0.395 e. The maximum absolute atomic E-state index is 13.0. The lowest BCUT2D eigenvalue weighted by molar-refractivity contribution is -0.286. The molecule has 2 fully saturated rings. The standard InChI is InChI=1S/C18H19F2N3O.C16H22ClN3O.C12H6F2N2O2/c1-23-9-14(16(22-23)17(19)20)18(24)21-15-5-3-2-4-11(15)13-8-12(13)10-6-7-10;1-15(2,3)16(21,10-20-12-18-11-19-20)9-8-13-4-6-14(17)7-5-13;13-12(14)17-10-3-1-2-8(11(10)18-12)9-6-16-5-7(9)4-15/h2-5,9-10,12-13,17H,6-8H2,1H3,(H,21,24);4-7,11-12,21H,8-10H2,1-3H3;1-3,5-6,16H. The number of nitrogens with zero attached hydrogens (tertiary/aromatic N) is 6. The van der Waals surface area contributed by atoms with E-state index >= 15 is 0 Å². The Labute approximate surface area is 366 Å². The number of carbonyl (C=O) groups is 1. The number of hydrogen-bond acceptors (Lipinski definition) is 8. The fourth-order valence-electron chi connectivity index (χ4n) is 7.72. The molecule has 1 aliphatic heterocycles. The minimum absolute atomic E-state index is 0.0393. The van der Waals surface area contributed by atoms with Crippen molar-refractivity contribution in [1.82, 2.24) is 29.5 Å². The highest BCUT2D eigenvalue weighted by molar-refractivity contribution is 6.30. The van der Waals surface area contributed by atoms with Crippen molar-refractivity contribution >= 4 is 23.2 Å². The number of aryl methyl sites for hydroxylation is 2. The van der Waals surface area contributed by atoms with E-state index in [-0.39, 0.29) is 22.5 Å². The minimum atomic E-state index is -3.67. The van der Waals surface area contributed by atoms with Crippen LogP contribution in [0.25, 0.3) is 11.1 Å². The first-order valence-electron chi connectivity index (χ1n) is 20.4. The molecule has 3 aliphatic rings. The van der Waals surface area contributed by atoms with E-state index in [1.165, 1.54) is 54.9 Å². The maximum atomic E-state index is 13.0. The van der Waals surface area contributed by atoms with E-state index in [0.29, 0.717) is 35.6 Å². The molecule has 3 aromatic heterocycles. The van der Waals surface area contributed by atoms with Crippen LogP contribution in [0.5, 0.6) is 11.5 Å². The van der Waals surface area contributed by atoms with Gasteiger partial charge in [0.1, 0.15) is 24.4 Å². The summed E-state index contributed by atoms with van der Waals surface area (Å²) in [5.41, 5.74) is 2.57. The molecule has 6 aromatic rings. The number of aromatic amines is 1. The third-order valence-electron chi connectivity index (χ3n) is 11.6. The number of anilines is 1. The molecule has 0 radical (unpaired) electrons. The number of para-hydroxylation sites is 2.